The number of carbonyl (C=O) groups excluding carboxylic acids is 2. The highest BCUT2D eigenvalue weighted by atomic mass is 32.2. The average molecular weight is 347 g/mol. The number of ketones is 2. The Hall–Kier alpha value is -0.960. The SMILES string of the molecule is NCC(C(=O)CC(N)C(=O)C(CN)S(=O)(=O)O)S(=O)(=O)O. The molecule has 0 spiro atoms. The fourth-order valence-electron chi connectivity index (χ4n) is 1.49. The van der Waals surface area contributed by atoms with Gasteiger partial charge in [-0.15, -0.1) is 0 Å². The van der Waals surface area contributed by atoms with Gasteiger partial charge < -0.3 is 17.2 Å². The lowest BCUT2D eigenvalue weighted by molar-refractivity contribution is -0.125. The van der Waals surface area contributed by atoms with E-state index < -0.39 is 67.9 Å². The second kappa shape index (κ2) is 7.35. The summed E-state index contributed by atoms with van der Waals surface area (Å²) in [6.45, 7) is -1.50. The summed E-state index contributed by atoms with van der Waals surface area (Å²) in [6, 6.07) is -1.72. The summed E-state index contributed by atoms with van der Waals surface area (Å²) in [6.07, 6.45) is -0.882. The van der Waals surface area contributed by atoms with Crippen LogP contribution >= 0.6 is 0 Å². The van der Waals surface area contributed by atoms with Crippen LogP contribution in [0.3, 0.4) is 0 Å². The van der Waals surface area contributed by atoms with E-state index in [1.165, 1.54) is 0 Å². The lowest BCUT2D eigenvalue weighted by Gasteiger charge is -2.17. The van der Waals surface area contributed by atoms with Crippen molar-refractivity contribution in [1.82, 2.24) is 0 Å². The molecule has 8 N–H and O–H groups in total. The van der Waals surface area contributed by atoms with Gasteiger partial charge in [0.15, 0.2) is 22.1 Å². The van der Waals surface area contributed by atoms with Gasteiger partial charge in [-0.3, -0.25) is 18.7 Å². The molecule has 0 aromatic heterocycles. The molecular formula is C8H17N3O8S2. The molecule has 0 radical (unpaired) electrons. The van der Waals surface area contributed by atoms with Gasteiger partial charge in [0.2, 0.25) is 0 Å². The molecule has 21 heavy (non-hydrogen) atoms. The van der Waals surface area contributed by atoms with Crippen molar-refractivity contribution in [3.63, 3.8) is 0 Å². The summed E-state index contributed by atoms with van der Waals surface area (Å²) in [7, 11) is -9.58. The van der Waals surface area contributed by atoms with Crippen LogP contribution in [0.5, 0.6) is 0 Å². The molecule has 0 aliphatic carbocycles. The van der Waals surface area contributed by atoms with Crippen molar-refractivity contribution in [2.75, 3.05) is 13.1 Å². The first kappa shape index (κ1) is 20.0. The number of Topliss-reactive ketones (excluding diaryl/α,β-unsaturated/α-hetero) is 2. The normalized spacial score (nSPS) is 17.0. The minimum atomic E-state index is -4.81. The van der Waals surface area contributed by atoms with E-state index in [4.69, 9.17) is 26.3 Å². The standard InChI is InChI=1S/C8H17N3O8S2/c9-2-6(20(14,15)16)5(12)1-4(11)8(13)7(3-10)21(17,18)19/h4,6-7H,1-3,9-11H2,(H,14,15,16)(H,17,18,19). The molecule has 0 aliphatic heterocycles. The van der Waals surface area contributed by atoms with E-state index in [0.717, 1.165) is 0 Å². The number of hydrogen-bond donors (Lipinski definition) is 5. The van der Waals surface area contributed by atoms with Gasteiger partial charge in [0.25, 0.3) is 20.2 Å². The van der Waals surface area contributed by atoms with Crippen molar-refractivity contribution in [3.8, 4) is 0 Å². The zero-order valence-electron chi connectivity index (χ0n) is 10.7. The molecule has 0 saturated carbocycles. The minimum absolute atomic E-state index is 0.739. The Labute approximate surface area is 121 Å². The molecule has 124 valence electrons. The Balaban J connectivity index is 5.10. The smallest absolute Gasteiger partial charge is 0.276 e. The lowest BCUT2D eigenvalue weighted by Crippen LogP contribution is -2.48. The predicted molar refractivity (Wildman–Crippen MR) is 71.4 cm³/mol. The Morgan fingerprint density at radius 2 is 1.29 bits per heavy atom. The first-order valence-electron chi connectivity index (χ1n) is 5.51. The van der Waals surface area contributed by atoms with Crippen LogP contribution in [0, 0.1) is 0 Å². The van der Waals surface area contributed by atoms with Crippen molar-refractivity contribution in [2.24, 2.45) is 17.2 Å². The quantitative estimate of drug-likeness (QED) is 0.255. The Bertz CT molecular complexity index is 599. The number of hydrogen-bond acceptors (Lipinski definition) is 9. The monoisotopic (exact) mass is 347 g/mol. The van der Waals surface area contributed by atoms with Gasteiger partial charge in [0, 0.05) is 19.5 Å². The van der Waals surface area contributed by atoms with Crippen molar-refractivity contribution in [1.29, 1.82) is 0 Å². The van der Waals surface area contributed by atoms with E-state index in [9.17, 15) is 26.4 Å². The predicted octanol–water partition coefficient (Wildman–Crippen LogP) is -3.73. The van der Waals surface area contributed by atoms with E-state index in [2.05, 4.69) is 0 Å². The van der Waals surface area contributed by atoms with Gasteiger partial charge in [-0.25, -0.2) is 0 Å². The second-order valence-electron chi connectivity index (χ2n) is 4.16. The molecule has 13 heteroatoms. The highest BCUT2D eigenvalue weighted by Crippen LogP contribution is 2.08. The number of carbonyl (C=O) groups is 2. The van der Waals surface area contributed by atoms with Crippen LogP contribution in [0.2, 0.25) is 0 Å². The Morgan fingerprint density at radius 3 is 1.57 bits per heavy atom. The van der Waals surface area contributed by atoms with Gasteiger partial charge in [0.1, 0.15) is 0 Å². The molecule has 0 aromatic carbocycles. The van der Waals surface area contributed by atoms with Gasteiger partial charge in [0.05, 0.1) is 6.04 Å². The van der Waals surface area contributed by atoms with E-state index in [0.29, 0.717) is 0 Å². The van der Waals surface area contributed by atoms with E-state index in [-0.39, 0.29) is 0 Å². The molecule has 0 saturated heterocycles. The average Bonchev–Trinajstić information content (AvgIpc) is 2.26. The van der Waals surface area contributed by atoms with Crippen molar-refractivity contribution >= 4 is 31.8 Å². The molecular weight excluding hydrogens is 330 g/mol. The third-order valence-electron chi connectivity index (χ3n) is 2.61. The zero-order valence-corrected chi connectivity index (χ0v) is 12.4. The van der Waals surface area contributed by atoms with E-state index >= 15 is 0 Å². The summed E-state index contributed by atoms with van der Waals surface area (Å²) in [4.78, 5) is 23.3. The third-order valence-corrected chi connectivity index (χ3v) is 4.93. The molecule has 0 fully saturated rings. The van der Waals surface area contributed by atoms with Crippen LogP contribution in [0.15, 0.2) is 0 Å². The summed E-state index contributed by atoms with van der Waals surface area (Å²) < 4.78 is 61.1. The first-order chi connectivity index (χ1) is 9.36. The molecule has 0 rings (SSSR count). The van der Waals surface area contributed by atoms with Crippen molar-refractivity contribution in [2.45, 2.75) is 23.0 Å². The lowest BCUT2D eigenvalue weighted by atomic mass is 10.0. The van der Waals surface area contributed by atoms with Crippen LogP contribution in [0.1, 0.15) is 6.42 Å². The maximum Gasteiger partial charge on any atom is 0.276 e. The number of rotatable bonds is 9. The maximum atomic E-state index is 11.7. The first-order valence-corrected chi connectivity index (χ1v) is 8.51. The second-order valence-corrected chi connectivity index (χ2v) is 7.36. The fourth-order valence-corrected chi connectivity index (χ4v) is 2.87. The molecule has 0 aromatic rings. The summed E-state index contributed by atoms with van der Waals surface area (Å²) in [5.41, 5.74) is 15.4. The maximum absolute atomic E-state index is 11.7. The number of nitrogens with two attached hydrogens (primary N) is 3. The summed E-state index contributed by atoms with van der Waals surface area (Å²) in [5, 5.41) is -4.00. The summed E-state index contributed by atoms with van der Waals surface area (Å²) >= 11 is 0. The van der Waals surface area contributed by atoms with E-state index in [1.807, 2.05) is 0 Å². The third kappa shape index (κ3) is 5.74. The molecule has 3 atom stereocenters. The summed E-state index contributed by atoms with van der Waals surface area (Å²) in [5.74, 6) is -2.41. The molecule has 3 unspecified atom stereocenters. The zero-order chi connectivity index (χ0) is 17.0. The molecule has 0 heterocycles. The van der Waals surface area contributed by atoms with Crippen molar-refractivity contribution < 1.29 is 35.5 Å². The van der Waals surface area contributed by atoms with Gasteiger partial charge >= 0.3 is 0 Å². The highest BCUT2D eigenvalue weighted by molar-refractivity contribution is 7.87. The van der Waals surface area contributed by atoms with Crippen LogP contribution in [0.4, 0.5) is 0 Å². The van der Waals surface area contributed by atoms with Crippen LogP contribution < -0.4 is 17.2 Å². The van der Waals surface area contributed by atoms with Gasteiger partial charge in [-0.2, -0.15) is 16.8 Å². The molecule has 11 nitrogen and oxygen atoms in total. The molecule has 0 bridgehead atoms. The molecule has 0 amide bonds. The minimum Gasteiger partial charge on any atom is -0.329 e. The fraction of sp³-hybridized carbons (Fsp3) is 0.750. The Morgan fingerprint density at radius 1 is 0.905 bits per heavy atom. The topological polar surface area (TPSA) is 221 Å². The molecule has 0 aliphatic rings. The van der Waals surface area contributed by atoms with E-state index in [1.54, 1.807) is 0 Å². The van der Waals surface area contributed by atoms with Gasteiger partial charge in [-0.1, -0.05) is 0 Å². The highest BCUT2D eigenvalue weighted by Gasteiger charge is 2.37. The van der Waals surface area contributed by atoms with Crippen LogP contribution in [-0.2, 0) is 29.8 Å². The van der Waals surface area contributed by atoms with Crippen molar-refractivity contribution in [3.05, 3.63) is 0 Å². The van der Waals surface area contributed by atoms with Gasteiger partial charge in [-0.05, 0) is 0 Å². The Kier molecular flexibility index (Phi) is 7.01. The largest absolute Gasteiger partial charge is 0.329 e. The van der Waals surface area contributed by atoms with Crippen LogP contribution in [-0.4, -0.2) is 67.1 Å². The van der Waals surface area contributed by atoms with Crippen LogP contribution in [0.25, 0.3) is 0 Å².